The van der Waals surface area contributed by atoms with Gasteiger partial charge in [-0.1, -0.05) is 35.4 Å². The summed E-state index contributed by atoms with van der Waals surface area (Å²) in [5.41, 5.74) is 1.89. The summed E-state index contributed by atoms with van der Waals surface area (Å²) in [4.78, 5) is 1.87. The molecule has 0 spiro atoms. The van der Waals surface area contributed by atoms with Crippen LogP contribution in [0.2, 0.25) is 0 Å². The highest BCUT2D eigenvalue weighted by atomic mass is 35.5. The van der Waals surface area contributed by atoms with Crippen LogP contribution in [0.25, 0.3) is 0 Å². The van der Waals surface area contributed by atoms with Gasteiger partial charge in [-0.15, -0.1) is 16.0 Å². The van der Waals surface area contributed by atoms with Crippen molar-refractivity contribution in [3.63, 3.8) is 0 Å². The van der Waals surface area contributed by atoms with Gasteiger partial charge in [-0.05, 0) is 45.0 Å². The topological polar surface area (TPSA) is 87.1 Å². The Morgan fingerprint density at radius 3 is 1.97 bits per heavy atom. The number of halogens is 1. The first-order valence-electron chi connectivity index (χ1n) is 9.34. The zero-order valence-electron chi connectivity index (χ0n) is 17.0. The summed E-state index contributed by atoms with van der Waals surface area (Å²) in [6.07, 6.45) is 0. The van der Waals surface area contributed by atoms with Gasteiger partial charge in [0.25, 0.3) is 10.0 Å². The minimum Gasteiger partial charge on any atom is -0.340 e. The van der Waals surface area contributed by atoms with Crippen LogP contribution < -0.4 is 0 Å². The second kappa shape index (κ2) is 8.66. The van der Waals surface area contributed by atoms with Crippen LogP contribution in [0.3, 0.4) is 0 Å². The molecule has 1 saturated heterocycles. The zero-order valence-corrected chi connectivity index (χ0v) is 19.4. The molecule has 1 heterocycles. The smallest absolute Gasteiger partial charge is 0.283 e. The molecule has 3 rings (SSSR count). The van der Waals surface area contributed by atoms with Crippen molar-refractivity contribution in [2.24, 2.45) is 4.40 Å². The van der Waals surface area contributed by atoms with Crippen molar-refractivity contribution in [3.05, 3.63) is 59.7 Å². The van der Waals surface area contributed by atoms with Crippen molar-refractivity contribution in [1.82, 2.24) is 9.21 Å². The maximum absolute atomic E-state index is 13.0. The monoisotopic (exact) mass is 469 g/mol. The third-order valence-corrected chi connectivity index (χ3v) is 8.33. The molecule has 0 N–H and O–H groups in total. The van der Waals surface area contributed by atoms with Crippen LogP contribution in [0, 0.1) is 13.8 Å². The molecule has 0 aliphatic carbocycles. The van der Waals surface area contributed by atoms with Crippen LogP contribution in [0.4, 0.5) is 0 Å². The van der Waals surface area contributed by atoms with E-state index >= 15 is 0 Å². The lowest BCUT2D eigenvalue weighted by atomic mass is 10.2. The van der Waals surface area contributed by atoms with Crippen LogP contribution in [-0.4, -0.2) is 57.0 Å². The predicted octanol–water partition coefficient (Wildman–Crippen LogP) is 2.98. The van der Waals surface area contributed by atoms with E-state index < -0.39 is 20.0 Å². The molecule has 162 valence electrons. The second-order valence-corrected chi connectivity index (χ2v) is 11.2. The number of sulfonamides is 2. The molecule has 7 nitrogen and oxygen atoms in total. The van der Waals surface area contributed by atoms with E-state index in [1.54, 1.807) is 41.3 Å². The molecule has 0 aromatic heterocycles. The maximum Gasteiger partial charge on any atom is 0.283 e. The highest BCUT2D eigenvalue weighted by Crippen LogP contribution is 2.24. The Hall–Kier alpha value is -1.94. The minimum absolute atomic E-state index is 0.0215. The van der Waals surface area contributed by atoms with Crippen LogP contribution >= 0.6 is 11.6 Å². The molecule has 30 heavy (non-hydrogen) atoms. The predicted molar refractivity (Wildman–Crippen MR) is 118 cm³/mol. The lowest BCUT2D eigenvalue weighted by Crippen LogP contribution is -2.37. The fraction of sp³-hybridized carbons (Fsp3) is 0.350. The molecule has 0 bridgehead atoms. The fourth-order valence-electron chi connectivity index (χ4n) is 3.19. The minimum atomic E-state index is -3.97. The fourth-order valence-corrected chi connectivity index (χ4v) is 5.97. The summed E-state index contributed by atoms with van der Waals surface area (Å²) in [5, 5.41) is 0. The number of hydrogen-bond acceptors (Lipinski definition) is 4. The van der Waals surface area contributed by atoms with Gasteiger partial charge in [0.15, 0.2) is 0 Å². The first-order chi connectivity index (χ1) is 14.0. The van der Waals surface area contributed by atoms with Crippen molar-refractivity contribution in [2.75, 3.05) is 19.1 Å². The number of aryl methyl sites for hydroxylation is 2. The summed E-state index contributed by atoms with van der Waals surface area (Å²) in [6, 6.07) is 12.7. The zero-order chi connectivity index (χ0) is 22.1. The molecule has 1 unspecified atom stereocenters. The van der Waals surface area contributed by atoms with Crippen LogP contribution in [-0.2, 0) is 20.0 Å². The SMILES string of the molecule is Cc1ccc(S(=O)(=O)/N=C(\CCl)N2CN(S(=O)(=O)c3ccc(C)cc3)CC2C)cc1. The van der Waals surface area contributed by atoms with Gasteiger partial charge in [0.2, 0.25) is 10.0 Å². The number of nitrogens with zero attached hydrogens (tertiary/aromatic N) is 3. The Kier molecular flexibility index (Phi) is 6.57. The number of alkyl halides is 1. The molecule has 0 amide bonds. The van der Waals surface area contributed by atoms with Crippen molar-refractivity contribution in [2.45, 2.75) is 36.6 Å². The lowest BCUT2D eigenvalue weighted by molar-refractivity contribution is 0.390. The van der Waals surface area contributed by atoms with Gasteiger partial charge in [-0.2, -0.15) is 12.7 Å². The molecule has 2 aromatic rings. The van der Waals surface area contributed by atoms with Gasteiger partial charge in [0, 0.05) is 12.6 Å². The Balaban J connectivity index is 1.88. The molecular weight excluding hydrogens is 446 g/mol. The largest absolute Gasteiger partial charge is 0.340 e. The van der Waals surface area contributed by atoms with E-state index in [4.69, 9.17) is 11.6 Å². The van der Waals surface area contributed by atoms with Crippen LogP contribution in [0.5, 0.6) is 0 Å². The number of rotatable bonds is 5. The molecule has 1 fully saturated rings. The van der Waals surface area contributed by atoms with Crippen molar-refractivity contribution < 1.29 is 16.8 Å². The van der Waals surface area contributed by atoms with E-state index in [0.717, 1.165) is 11.1 Å². The third kappa shape index (κ3) is 4.69. The van der Waals surface area contributed by atoms with E-state index in [-0.39, 0.29) is 40.8 Å². The lowest BCUT2D eigenvalue weighted by Gasteiger charge is -2.23. The quantitative estimate of drug-likeness (QED) is 0.381. The Labute approximate surface area is 183 Å². The van der Waals surface area contributed by atoms with Crippen LogP contribution in [0.1, 0.15) is 18.1 Å². The van der Waals surface area contributed by atoms with Crippen molar-refractivity contribution in [1.29, 1.82) is 0 Å². The number of amidine groups is 1. The van der Waals surface area contributed by atoms with E-state index in [0.29, 0.717) is 0 Å². The summed E-state index contributed by atoms with van der Waals surface area (Å²) in [6.45, 7) is 5.74. The van der Waals surface area contributed by atoms with Crippen LogP contribution in [0.15, 0.2) is 62.7 Å². The average molecular weight is 470 g/mol. The summed E-state index contributed by atoms with van der Waals surface area (Å²) in [5.74, 6) is -0.0419. The molecule has 1 aliphatic heterocycles. The highest BCUT2D eigenvalue weighted by molar-refractivity contribution is 7.90. The average Bonchev–Trinajstić information content (AvgIpc) is 3.09. The standard InChI is InChI=1S/C20H24ClN3O4S2/c1-15-4-8-18(9-5-15)29(25,26)22-20(12-21)24-14-23(13-17(24)3)30(27,28)19-10-6-16(2)7-11-19/h4-11,17H,12-14H2,1-3H3/b22-20+. The van der Waals surface area contributed by atoms with E-state index in [2.05, 4.69) is 4.40 Å². The molecule has 1 atom stereocenters. The van der Waals surface area contributed by atoms with E-state index in [1.807, 2.05) is 20.8 Å². The van der Waals surface area contributed by atoms with Gasteiger partial charge in [-0.3, -0.25) is 0 Å². The van der Waals surface area contributed by atoms with Gasteiger partial charge < -0.3 is 4.90 Å². The number of hydrogen-bond donors (Lipinski definition) is 0. The molecule has 10 heteroatoms. The Morgan fingerprint density at radius 2 is 1.47 bits per heavy atom. The second-order valence-electron chi connectivity index (χ2n) is 7.34. The summed E-state index contributed by atoms with van der Waals surface area (Å²) < 4.78 is 56.6. The van der Waals surface area contributed by atoms with Crippen molar-refractivity contribution in [3.8, 4) is 0 Å². The number of benzene rings is 2. The van der Waals surface area contributed by atoms with E-state index in [1.165, 1.54) is 16.4 Å². The normalized spacial score (nSPS) is 18.7. The Morgan fingerprint density at radius 1 is 0.967 bits per heavy atom. The van der Waals surface area contributed by atoms with Gasteiger partial charge >= 0.3 is 0 Å². The van der Waals surface area contributed by atoms with Crippen molar-refractivity contribution >= 4 is 37.5 Å². The maximum atomic E-state index is 13.0. The first-order valence-corrected chi connectivity index (χ1v) is 12.8. The third-order valence-electron chi connectivity index (χ3n) is 4.96. The molecule has 1 aliphatic rings. The van der Waals surface area contributed by atoms with Gasteiger partial charge in [-0.25, -0.2) is 8.42 Å². The summed E-state index contributed by atoms with van der Waals surface area (Å²) in [7, 11) is -7.68. The first kappa shape index (κ1) is 22.7. The molecular formula is C20H24ClN3O4S2. The molecule has 0 saturated carbocycles. The van der Waals surface area contributed by atoms with Gasteiger partial charge in [0.05, 0.1) is 22.3 Å². The van der Waals surface area contributed by atoms with Gasteiger partial charge in [0.1, 0.15) is 5.84 Å². The van der Waals surface area contributed by atoms with E-state index in [9.17, 15) is 16.8 Å². The summed E-state index contributed by atoms with van der Waals surface area (Å²) >= 11 is 6.02. The highest BCUT2D eigenvalue weighted by Gasteiger charge is 2.37. The molecule has 0 radical (unpaired) electrons. The molecule has 2 aromatic carbocycles. The Bertz CT molecular complexity index is 1150.